The van der Waals surface area contributed by atoms with Gasteiger partial charge in [-0.05, 0) is 50.6 Å². The van der Waals surface area contributed by atoms with Crippen molar-refractivity contribution in [3.8, 4) is 17.0 Å². The second kappa shape index (κ2) is 10.1. The number of thiazole rings is 1. The molecular formula is C18H25N3O2S. The van der Waals surface area contributed by atoms with Crippen LogP contribution in [-0.4, -0.2) is 24.0 Å². The summed E-state index contributed by atoms with van der Waals surface area (Å²) in [6.07, 6.45) is 4.58. The zero-order valence-corrected chi connectivity index (χ0v) is 14.9. The number of hydrogen-bond donors (Lipinski definition) is 2. The number of anilines is 1. The average molecular weight is 347 g/mol. The van der Waals surface area contributed by atoms with Crippen molar-refractivity contribution in [3.05, 3.63) is 29.6 Å². The van der Waals surface area contributed by atoms with E-state index in [0.717, 1.165) is 49.2 Å². The summed E-state index contributed by atoms with van der Waals surface area (Å²) in [5.74, 6) is 0.870. The van der Waals surface area contributed by atoms with Gasteiger partial charge in [-0.3, -0.25) is 4.79 Å². The predicted molar refractivity (Wildman–Crippen MR) is 99.5 cm³/mol. The van der Waals surface area contributed by atoms with Gasteiger partial charge in [0.1, 0.15) is 5.75 Å². The largest absolute Gasteiger partial charge is 0.494 e. The van der Waals surface area contributed by atoms with Crippen LogP contribution in [0.5, 0.6) is 5.75 Å². The van der Waals surface area contributed by atoms with Crippen LogP contribution >= 0.6 is 11.3 Å². The van der Waals surface area contributed by atoms with E-state index in [1.165, 1.54) is 11.3 Å². The van der Waals surface area contributed by atoms with E-state index in [-0.39, 0.29) is 5.91 Å². The lowest BCUT2D eigenvalue weighted by Crippen LogP contribution is -2.10. The molecule has 1 amide bonds. The van der Waals surface area contributed by atoms with Crippen LogP contribution in [0.25, 0.3) is 11.3 Å². The molecule has 2 rings (SSSR count). The summed E-state index contributed by atoms with van der Waals surface area (Å²) >= 11 is 1.44. The minimum atomic E-state index is 0.0235. The number of unbranched alkanes of at least 4 members (excludes halogenated alkanes) is 3. The van der Waals surface area contributed by atoms with E-state index in [9.17, 15) is 4.79 Å². The highest BCUT2D eigenvalue weighted by Gasteiger charge is 2.08. The van der Waals surface area contributed by atoms with Gasteiger partial charge in [0.25, 0.3) is 0 Å². The fraction of sp³-hybridized carbons (Fsp3) is 0.444. The molecule has 24 heavy (non-hydrogen) atoms. The summed E-state index contributed by atoms with van der Waals surface area (Å²) in [5, 5.41) is 5.47. The van der Waals surface area contributed by atoms with Gasteiger partial charge in [0.15, 0.2) is 5.13 Å². The number of carbonyl (C=O) groups is 1. The first kappa shape index (κ1) is 18.4. The van der Waals surface area contributed by atoms with E-state index in [4.69, 9.17) is 10.5 Å². The molecule has 0 radical (unpaired) electrons. The number of nitrogens with zero attached hydrogens (tertiary/aromatic N) is 1. The lowest BCUT2D eigenvalue weighted by molar-refractivity contribution is -0.116. The van der Waals surface area contributed by atoms with Crippen LogP contribution in [0.2, 0.25) is 0 Å². The van der Waals surface area contributed by atoms with Crippen LogP contribution in [0.15, 0.2) is 29.6 Å². The molecule has 0 fully saturated rings. The number of nitrogens with one attached hydrogen (secondary N) is 1. The van der Waals surface area contributed by atoms with Gasteiger partial charge in [0.2, 0.25) is 5.91 Å². The van der Waals surface area contributed by atoms with Crippen molar-refractivity contribution in [1.29, 1.82) is 0 Å². The molecule has 0 saturated carbocycles. The third-order valence-electron chi connectivity index (χ3n) is 3.57. The Labute approximate surface area is 147 Å². The summed E-state index contributed by atoms with van der Waals surface area (Å²) in [7, 11) is 0. The molecule has 5 nitrogen and oxygen atoms in total. The number of hydrogen-bond acceptors (Lipinski definition) is 5. The number of aromatic nitrogens is 1. The van der Waals surface area contributed by atoms with Crippen LogP contribution in [-0.2, 0) is 4.79 Å². The van der Waals surface area contributed by atoms with Gasteiger partial charge in [0, 0.05) is 17.4 Å². The maximum Gasteiger partial charge on any atom is 0.226 e. The van der Waals surface area contributed by atoms with E-state index in [0.29, 0.717) is 18.2 Å². The Morgan fingerprint density at radius 1 is 1.21 bits per heavy atom. The number of amides is 1. The van der Waals surface area contributed by atoms with Crippen molar-refractivity contribution in [2.75, 3.05) is 18.5 Å². The molecule has 0 unspecified atom stereocenters. The Morgan fingerprint density at radius 2 is 1.96 bits per heavy atom. The standard InChI is InChI=1S/C18H25N3O2S/c1-2-23-15-10-8-14(9-11-15)16-13-24-18(20-16)21-17(22)7-5-3-4-6-12-19/h8-11,13H,2-7,12,19H2,1H3,(H,20,21,22). The number of ether oxygens (including phenoxy) is 1. The van der Waals surface area contributed by atoms with Gasteiger partial charge in [-0.1, -0.05) is 12.8 Å². The quantitative estimate of drug-likeness (QED) is 0.636. The van der Waals surface area contributed by atoms with Crippen LogP contribution < -0.4 is 15.8 Å². The van der Waals surface area contributed by atoms with E-state index in [2.05, 4.69) is 10.3 Å². The molecule has 0 aliphatic heterocycles. The lowest BCUT2D eigenvalue weighted by atomic mass is 10.1. The van der Waals surface area contributed by atoms with Crippen molar-refractivity contribution < 1.29 is 9.53 Å². The van der Waals surface area contributed by atoms with Gasteiger partial charge >= 0.3 is 0 Å². The van der Waals surface area contributed by atoms with Crippen molar-refractivity contribution >= 4 is 22.4 Å². The van der Waals surface area contributed by atoms with Crippen LogP contribution in [0.4, 0.5) is 5.13 Å². The van der Waals surface area contributed by atoms with Crippen molar-refractivity contribution in [2.45, 2.75) is 39.0 Å². The fourth-order valence-electron chi connectivity index (χ4n) is 2.32. The molecule has 0 bridgehead atoms. The SMILES string of the molecule is CCOc1ccc(-c2csc(NC(=O)CCCCCCN)n2)cc1. The smallest absolute Gasteiger partial charge is 0.226 e. The van der Waals surface area contributed by atoms with Crippen molar-refractivity contribution in [3.63, 3.8) is 0 Å². The normalized spacial score (nSPS) is 10.6. The van der Waals surface area contributed by atoms with Gasteiger partial charge in [0.05, 0.1) is 12.3 Å². The molecule has 130 valence electrons. The maximum absolute atomic E-state index is 11.9. The highest BCUT2D eigenvalue weighted by atomic mass is 32.1. The van der Waals surface area contributed by atoms with Crippen LogP contribution in [0.1, 0.15) is 39.0 Å². The Balaban J connectivity index is 1.83. The number of carbonyl (C=O) groups excluding carboxylic acids is 1. The summed E-state index contributed by atoms with van der Waals surface area (Å²) in [6.45, 7) is 3.33. The molecule has 0 aliphatic carbocycles. The van der Waals surface area contributed by atoms with E-state index in [1.807, 2.05) is 36.6 Å². The molecular weight excluding hydrogens is 322 g/mol. The summed E-state index contributed by atoms with van der Waals surface area (Å²) < 4.78 is 5.43. The molecule has 0 atom stereocenters. The Hall–Kier alpha value is -1.92. The van der Waals surface area contributed by atoms with Crippen molar-refractivity contribution in [1.82, 2.24) is 4.98 Å². The zero-order valence-electron chi connectivity index (χ0n) is 14.1. The molecule has 1 aromatic carbocycles. The van der Waals surface area contributed by atoms with Gasteiger partial charge in [-0.15, -0.1) is 11.3 Å². The molecule has 0 aliphatic rings. The third kappa shape index (κ3) is 5.94. The zero-order chi connectivity index (χ0) is 17.2. The number of benzene rings is 1. The van der Waals surface area contributed by atoms with Crippen LogP contribution in [0, 0.1) is 0 Å². The third-order valence-corrected chi connectivity index (χ3v) is 4.33. The minimum absolute atomic E-state index is 0.0235. The molecule has 2 aromatic rings. The van der Waals surface area contributed by atoms with E-state index >= 15 is 0 Å². The highest BCUT2D eigenvalue weighted by Crippen LogP contribution is 2.26. The van der Waals surface area contributed by atoms with Gasteiger partial charge in [-0.25, -0.2) is 4.98 Å². The summed E-state index contributed by atoms with van der Waals surface area (Å²) in [5.41, 5.74) is 7.33. The summed E-state index contributed by atoms with van der Waals surface area (Å²) in [6, 6.07) is 7.81. The topological polar surface area (TPSA) is 77.2 Å². The van der Waals surface area contributed by atoms with Crippen LogP contribution in [0.3, 0.4) is 0 Å². The number of rotatable bonds is 10. The predicted octanol–water partition coefficient (Wildman–Crippen LogP) is 4.06. The Kier molecular flexibility index (Phi) is 7.71. The highest BCUT2D eigenvalue weighted by molar-refractivity contribution is 7.14. The van der Waals surface area contributed by atoms with Crippen molar-refractivity contribution in [2.24, 2.45) is 5.73 Å². The summed E-state index contributed by atoms with van der Waals surface area (Å²) in [4.78, 5) is 16.4. The molecule has 1 heterocycles. The second-order valence-electron chi connectivity index (χ2n) is 5.50. The first-order valence-corrected chi connectivity index (χ1v) is 9.29. The number of nitrogens with two attached hydrogens (primary N) is 1. The van der Waals surface area contributed by atoms with Gasteiger partial charge < -0.3 is 15.8 Å². The Bertz CT molecular complexity index is 625. The molecule has 0 saturated heterocycles. The minimum Gasteiger partial charge on any atom is -0.494 e. The molecule has 1 aromatic heterocycles. The van der Waals surface area contributed by atoms with E-state index < -0.39 is 0 Å². The first-order chi connectivity index (χ1) is 11.7. The van der Waals surface area contributed by atoms with Gasteiger partial charge in [-0.2, -0.15) is 0 Å². The fourth-order valence-corrected chi connectivity index (χ4v) is 3.05. The lowest BCUT2D eigenvalue weighted by Gasteiger charge is -2.03. The average Bonchev–Trinajstić information content (AvgIpc) is 3.04. The molecule has 0 spiro atoms. The maximum atomic E-state index is 11.9. The molecule has 6 heteroatoms. The Morgan fingerprint density at radius 3 is 2.67 bits per heavy atom. The second-order valence-corrected chi connectivity index (χ2v) is 6.35. The van der Waals surface area contributed by atoms with E-state index in [1.54, 1.807) is 0 Å². The monoisotopic (exact) mass is 347 g/mol. The molecule has 3 N–H and O–H groups in total. The first-order valence-electron chi connectivity index (χ1n) is 8.41.